The monoisotopic (exact) mass is 267 g/mol. The summed E-state index contributed by atoms with van der Waals surface area (Å²) in [7, 11) is 2.34. The highest BCUT2D eigenvalue weighted by Crippen LogP contribution is 2.14. The summed E-state index contributed by atoms with van der Waals surface area (Å²) in [5.41, 5.74) is 1.30. The normalized spacial score (nSPS) is 11.9. The fraction of sp³-hybridized carbons (Fsp3) is 0.571. The van der Waals surface area contributed by atoms with Gasteiger partial charge in [0, 0.05) is 13.7 Å². The van der Waals surface area contributed by atoms with Crippen LogP contribution in [0.5, 0.6) is 5.75 Å². The summed E-state index contributed by atoms with van der Waals surface area (Å²) in [6, 6.07) is 8.25. The molecule has 0 saturated carbocycles. The van der Waals surface area contributed by atoms with Gasteiger partial charge in [0.1, 0.15) is 5.75 Å². The van der Waals surface area contributed by atoms with E-state index in [2.05, 4.69) is 36.7 Å². The first-order valence-corrected chi connectivity index (χ1v) is 9.99. The smallest absolute Gasteiger partial charge is 0.118 e. The zero-order chi connectivity index (χ0) is 13.6. The van der Waals surface area contributed by atoms with E-state index in [0.29, 0.717) is 6.73 Å². The third kappa shape index (κ3) is 5.66. The molecule has 0 bridgehead atoms. The highest BCUT2D eigenvalue weighted by molar-refractivity contribution is 6.76. The van der Waals surface area contributed by atoms with Crippen LogP contribution in [0.2, 0.25) is 19.6 Å². The zero-order valence-electron chi connectivity index (χ0n) is 12.2. The Bertz CT molecular complexity index is 346. The molecule has 0 aliphatic heterocycles. The van der Waals surface area contributed by atoms with E-state index in [4.69, 9.17) is 9.47 Å². The van der Waals surface area contributed by atoms with Crippen LogP contribution >= 0.6 is 0 Å². The lowest BCUT2D eigenvalue weighted by atomic mass is 10.2. The summed E-state index contributed by atoms with van der Waals surface area (Å²) in [4.78, 5) is 2.37. The summed E-state index contributed by atoms with van der Waals surface area (Å²) in [6.45, 7) is 8.76. The standard InChI is InChI=1S/C14H25NO2Si/c1-16-11-15(12-18(3,4)5)10-13-6-8-14(17-2)9-7-13/h6-9H,10-12H2,1-5H3. The first-order valence-electron chi connectivity index (χ1n) is 6.29. The summed E-state index contributed by atoms with van der Waals surface area (Å²) in [5.74, 6) is 0.905. The van der Waals surface area contributed by atoms with Gasteiger partial charge in [-0.15, -0.1) is 0 Å². The van der Waals surface area contributed by atoms with Crippen molar-refractivity contribution in [2.24, 2.45) is 0 Å². The maximum absolute atomic E-state index is 5.29. The van der Waals surface area contributed by atoms with Gasteiger partial charge in [-0.1, -0.05) is 31.8 Å². The Labute approximate surface area is 112 Å². The molecule has 1 aromatic rings. The van der Waals surface area contributed by atoms with Crippen molar-refractivity contribution in [1.82, 2.24) is 4.90 Å². The van der Waals surface area contributed by atoms with Crippen molar-refractivity contribution in [3.8, 4) is 5.75 Å². The molecule has 0 unspecified atom stereocenters. The summed E-state index contributed by atoms with van der Waals surface area (Å²) < 4.78 is 10.5. The van der Waals surface area contributed by atoms with Gasteiger partial charge in [0.2, 0.25) is 0 Å². The minimum atomic E-state index is -1.11. The molecule has 0 aliphatic rings. The van der Waals surface area contributed by atoms with Gasteiger partial charge in [0.25, 0.3) is 0 Å². The highest BCUT2D eigenvalue weighted by atomic mass is 28.3. The summed E-state index contributed by atoms with van der Waals surface area (Å²) in [5, 5.41) is 0. The van der Waals surface area contributed by atoms with Crippen molar-refractivity contribution >= 4 is 8.07 Å². The Kier molecular flexibility index (Phi) is 5.85. The number of hydrogen-bond acceptors (Lipinski definition) is 3. The quantitative estimate of drug-likeness (QED) is 0.560. The van der Waals surface area contributed by atoms with Crippen LogP contribution in [0.25, 0.3) is 0 Å². The Morgan fingerprint density at radius 3 is 2.11 bits per heavy atom. The van der Waals surface area contributed by atoms with E-state index < -0.39 is 8.07 Å². The van der Waals surface area contributed by atoms with Crippen LogP contribution in [0.3, 0.4) is 0 Å². The largest absolute Gasteiger partial charge is 0.497 e. The van der Waals surface area contributed by atoms with Crippen LogP contribution in [0.15, 0.2) is 24.3 Å². The summed E-state index contributed by atoms with van der Waals surface area (Å²) >= 11 is 0. The Morgan fingerprint density at radius 2 is 1.67 bits per heavy atom. The molecule has 0 saturated heterocycles. The molecule has 3 nitrogen and oxygen atoms in total. The molecule has 1 aromatic carbocycles. The van der Waals surface area contributed by atoms with Gasteiger partial charge in [-0.2, -0.15) is 0 Å². The van der Waals surface area contributed by atoms with Crippen LogP contribution in [0.1, 0.15) is 5.56 Å². The fourth-order valence-corrected chi connectivity index (χ4v) is 3.53. The van der Waals surface area contributed by atoms with E-state index >= 15 is 0 Å². The molecule has 0 N–H and O–H groups in total. The van der Waals surface area contributed by atoms with Crippen molar-refractivity contribution < 1.29 is 9.47 Å². The van der Waals surface area contributed by atoms with Crippen molar-refractivity contribution in [2.45, 2.75) is 26.2 Å². The first-order chi connectivity index (χ1) is 8.44. The van der Waals surface area contributed by atoms with E-state index in [-0.39, 0.29) is 0 Å². The van der Waals surface area contributed by atoms with E-state index in [1.165, 1.54) is 5.56 Å². The van der Waals surface area contributed by atoms with Gasteiger partial charge in [-0.05, 0) is 23.9 Å². The molecule has 0 spiro atoms. The number of rotatable bonds is 7. The van der Waals surface area contributed by atoms with E-state index in [1.807, 2.05) is 12.1 Å². The number of ether oxygens (including phenoxy) is 2. The molecule has 0 aliphatic carbocycles. The maximum atomic E-state index is 5.29. The first kappa shape index (κ1) is 15.2. The van der Waals surface area contributed by atoms with Crippen LogP contribution < -0.4 is 4.74 Å². The van der Waals surface area contributed by atoms with E-state index in [0.717, 1.165) is 18.5 Å². The zero-order valence-corrected chi connectivity index (χ0v) is 13.2. The lowest BCUT2D eigenvalue weighted by Crippen LogP contribution is -2.40. The lowest BCUT2D eigenvalue weighted by Gasteiger charge is -2.28. The molecule has 0 amide bonds. The van der Waals surface area contributed by atoms with Crippen molar-refractivity contribution in [3.05, 3.63) is 29.8 Å². The SMILES string of the molecule is COCN(Cc1ccc(OC)cc1)C[Si](C)(C)C. The molecule has 0 heterocycles. The lowest BCUT2D eigenvalue weighted by molar-refractivity contribution is 0.0697. The number of methoxy groups -OCH3 is 2. The number of benzene rings is 1. The third-order valence-electron chi connectivity index (χ3n) is 2.57. The van der Waals surface area contributed by atoms with Crippen molar-refractivity contribution in [1.29, 1.82) is 0 Å². The molecule has 0 aromatic heterocycles. The molecule has 18 heavy (non-hydrogen) atoms. The number of hydrogen-bond donors (Lipinski definition) is 0. The molecule has 0 radical (unpaired) electrons. The van der Waals surface area contributed by atoms with Crippen LogP contribution in [0, 0.1) is 0 Å². The minimum Gasteiger partial charge on any atom is -0.497 e. The fourth-order valence-electron chi connectivity index (χ4n) is 1.99. The number of nitrogens with zero attached hydrogens (tertiary/aromatic N) is 1. The minimum absolute atomic E-state index is 0.691. The second-order valence-electron chi connectivity index (χ2n) is 5.81. The molecule has 0 fully saturated rings. The van der Waals surface area contributed by atoms with E-state index in [9.17, 15) is 0 Å². The second kappa shape index (κ2) is 6.92. The predicted octanol–water partition coefficient (Wildman–Crippen LogP) is 2.98. The van der Waals surface area contributed by atoms with Gasteiger partial charge in [-0.3, -0.25) is 4.90 Å². The van der Waals surface area contributed by atoms with Crippen LogP contribution in [-0.4, -0.2) is 40.1 Å². The molecular weight excluding hydrogens is 242 g/mol. The Balaban J connectivity index is 2.64. The molecular formula is C14H25NO2Si. The summed E-state index contributed by atoms with van der Waals surface area (Å²) in [6.07, 6.45) is 1.15. The van der Waals surface area contributed by atoms with Gasteiger partial charge < -0.3 is 9.47 Å². The predicted molar refractivity (Wildman–Crippen MR) is 78.6 cm³/mol. The topological polar surface area (TPSA) is 21.7 Å². The van der Waals surface area contributed by atoms with Gasteiger partial charge in [0.05, 0.1) is 21.9 Å². The van der Waals surface area contributed by atoms with Crippen LogP contribution in [-0.2, 0) is 11.3 Å². The van der Waals surface area contributed by atoms with Gasteiger partial charge in [0.15, 0.2) is 0 Å². The molecule has 4 heteroatoms. The third-order valence-corrected chi connectivity index (χ3v) is 3.97. The van der Waals surface area contributed by atoms with Crippen molar-refractivity contribution in [2.75, 3.05) is 27.1 Å². The maximum Gasteiger partial charge on any atom is 0.118 e. The molecule has 1 rings (SSSR count). The van der Waals surface area contributed by atoms with Gasteiger partial charge in [-0.25, -0.2) is 0 Å². The van der Waals surface area contributed by atoms with Crippen molar-refractivity contribution in [3.63, 3.8) is 0 Å². The average molecular weight is 267 g/mol. The van der Waals surface area contributed by atoms with Crippen LogP contribution in [0.4, 0.5) is 0 Å². The highest BCUT2D eigenvalue weighted by Gasteiger charge is 2.18. The van der Waals surface area contributed by atoms with Gasteiger partial charge >= 0.3 is 0 Å². The molecule has 102 valence electrons. The Hall–Kier alpha value is -0.843. The average Bonchev–Trinajstić information content (AvgIpc) is 2.28. The molecule has 0 atom stereocenters. The van der Waals surface area contributed by atoms with E-state index in [1.54, 1.807) is 14.2 Å². The Morgan fingerprint density at radius 1 is 1.06 bits per heavy atom. The second-order valence-corrected chi connectivity index (χ2v) is 11.3.